The third kappa shape index (κ3) is 2.82. The number of benzene rings is 1. The van der Waals surface area contributed by atoms with Crippen LogP contribution in [-0.2, 0) is 0 Å². The zero-order valence-electron chi connectivity index (χ0n) is 9.92. The summed E-state index contributed by atoms with van der Waals surface area (Å²) < 4.78 is 13.4. The Morgan fingerprint density at radius 1 is 1.35 bits per heavy atom. The summed E-state index contributed by atoms with van der Waals surface area (Å²) in [6.45, 7) is 1.51. The van der Waals surface area contributed by atoms with E-state index in [-0.39, 0.29) is 16.9 Å². The van der Waals surface area contributed by atoms with Gasteiger partial charge >= 0.3 is 0 Å². The molecule has 0 heterocycles. The standard InChI is InChI=1S/C13H17FN2O/c1-15-8-13(6-7-13)9-16-12(17)10-4-2-3-5-11(10)14/h2-5,15H,6-9H2,1H3,(H,16,17). The molecule has 1 aliphatic rings. The van der Waals surface area contributed by atoms with E-state index >= 15 is 0 Å². The minimum atomic E-state index is -0.469. The predicted octanol–water partition coefficient (Wildman–Crippen LogP) is 1.56. The molecule has 0 bridgehead atoms. The van der Waals surface area contributed by atoms with Crippen LogP contribution < -0.4 is 10.6 Å². The normalized spacial score (nSPS) is 16.6. The molecule has 4 heteroatoms. The molecule has 0 spiro atoms. The minimum absolute atomic E-state index is 0.118. The third-order valence-electron chi connectivity index (χ3n) is 3.25. The second-order valence-electron chi connectivity index (χ2n) is 4.69. The van der Waals surface area contributed by atoms with E-state index in [2.05, 4.69) is 10.6 Å². The van der Waals surface area contributed by atoms with Crippen molar-refractivity contribution in [2.45, 2.75) is 12.8 Å². The number of nitrogens with one attached hydrogen (secondary N) is 2. The fourth-order valence-corrected chi connectivity index (χ4v) is 1.98. The lowest BCUT2D eigenvalue weighted by Crippen LogP contribution is -2.35. The first-order chi connectivity index (χ1) is 8.17. The molecule has 1 saturated carbocycles. The minimum Gasteiger partial charge on any atom is -0.351 e. The molecule has 1 aromatic rings. The second-order valence-corrected chi connectivity index (χ2v) is 4.69. The van der Waals surface area contributed by atoms with Crippen molar-refractivity contribution in [1.82, 2.24) is 10.6 Å². The molecule has 2 N–H and O–H groups in total. The van der Waals surface area contributed by atoms with Gasteiger partial charge in [0.1, 0.15) is 5.82 Å². The van der Waals surface area contributed by atoms with Gasteiger partial charge in [0, 0.05) is 18.5 Å². The summed E-state index contributed by atoms with van der Waals surface area (Å²) in [6, 6.07) is 6.05. The van der Waals surface area contributed by atoms with Crippen LogP contribution in [0.1, 0.15) is 23.2 Å². The summed E-state index contributed by atoms with van der Waals surface area (Å²) in [7, 11) is 1.90. The van der Waals surface area contributed by atoms with Gasteiger partial charge in [-0.2, -0.15) is 0 Å². The molecule has 0 aliphatic heterocycles. The van der Waals surface area contributed by atoms with Gasteiger partial charge in [0.15, 0.2) is 0 Å². The topological polar surface area (TPSA) is 41.1 Å². The summed E-state index contributed by atoms with van der Waals surface area (Å²) in [4.78, 5) is 11.8. The molecule has 3 nitrogen and oxygen atoms in total. The molecule has 1 aliphatic carbocycles. The average molecular weight is 236 g/mol. The monoisotopic (exact) mass is 236 g/mol. The highest BCUT2D eigenvalue weighted by molar-refractivity contribution is 5.94. The van der Waals surface area contributed by atoms with E-state index in [9.17, 15) is 9.18 Å². The maximum absolute atomic E-state index is 13.4. The predicted molar refractivity (Wildman–Crippen MR) is 64.3 cm³/mol. The molecular weight excluding hydrogens is 219 g/mol. The molecule has 0 unspecified atom stereocenters. The molecule has 0 aromatic heterocycles. The van der Waals surface area contributed by atoms with Crippen LogP contribution in [0.5, 0.6) is 0 Å². The van der Waals surface area contributed by atoms with Crippen molar-refractivity contribution in [3.05, 3.63) is 35.6 Å². The fourth-order valence-electron chi connectivity index (χ4n) is 1.98. The number of hydrogen-bond donors (Lipinski definition) is 2. The quantitative estimate of drug-likeness (QED) is 0.814. The summed E-state index contributed by atoms with van der Waals surface area (Å²) in [5.41, 5.74) is 0.308. The van der Waals surface area contributed by atoms with Gasteiger partial charge in [-0.05, 0) is 32.0 Å². The fraction of sp³-hybridized carbons (Fsp3) is 0.462. The summed E-state index contributed by atoms with van der Waals surface area (Å²) >= 11 is 0. The Morgan fingerprint density at radius 2 is 2.06 bits per heavy atom. The second kappa shape index (κ2) is 4.84. The highest BCUT2D eigenvalue weighted by Gasteiger charge is 2.41. The molecule has 1 aromatic carbocycles. The SMILES string of the molecule is CNCC1(CNC(=O)c2ccccc2F)CC1. The van der Waals surface area contributed by atoms with Crippen LogP contribution in [0.4, 0.5) is 4.39 Å². The van der Waals surface area contributed by atoms with E-state index in [0.717, 1.165) is 19.4 Å². The molecule has 0 atom stereocenters. The highest BCUT2D eigenvalue weighted by atomic mass is 19.1. The van der Waals surface area contributed by atoms with Gasteiger partial charge < -0.3 is 10.6 Å². The van der Waals surface area contributed by atoms with E-state index in [1.165, 1.54) is 12.1 Å². The van der Waals surface area contributed by atoms with Crippen molar-refractivity contribution >= 4 is 5.91 Å². The van der Waals surface area contributed by atoms with Gasteiger partial charge in [-0.15, -0.1) is 0 Å². The summed E-state index contributed by atoms with van der Waals surface area (Å²) in [5, 5.41) is 5.93. The first kappa shape index (κ1) is 12.0. The Balaban J connectivity index is 1.92. The average Bonchev–Trinajstić information content (AvgIpc) is 3.08. The molecule has 17 heavy (non-hydrogen) atoms. The molecular formula is C13H17FN2O. The maximum Gasteiger partial charge on any atom is 0.254 e. The first-order valence-corrected chi connectivity index (χ1v) is 5.84. The van der Waals surface area contributed by atoms with Gasteiger partial charge in [-0.3, -0.25) is 4.79 Å². The van der Waals surface area contributed by atoms with Crippen molar-refractivity contribution in [1.29, 1.82) is 0 Å². The van der Waals surface area contributed by atoms with Gasteiger partial charge in [0.05, 0.1) is 5.56 Å². The zero-order chi connectivity index (χ0) is 12.3. The Labute approximate surface area is 100 Å². The molecule has 1 fully saturated rings. The summed E-state index contributed by atoms with van der Waals surface area (Å²) in [5.74, 6) is -0.797. The number of rotatable bonds is 5. The van der Waals surface area contributed by atoms with Crippen LogP contribution in [0.25, 0.3) is 0 Å². The van der Waals surface area contributed by atoms with E-state index in [1.807, 2.05) is 7.05 Å². The van der Waals surface area contributed by atoms with Crippen molar-refractivity contribution < 1.29 is 9.18 Å². The zero-order valence-corrected chi connectivity index (χ0v) is 9.92. The van der Waals surface area contributed by atoms with Crippen LogP contribution >= 0.6 is 0 Å². The first-order valence-electron chi connectivity index (χ1n) is 5.84. The highest BCUT2D eigenvalue weighted by Crippen LogP contribution is 2.44. The van der Waals surface area contributed by atoms with Gasteiger partial charge in [0.25, 0.3) is 5.91 Å². The Bertz CT molecular complexity index is 416. The lowest BCUT2D eigenvalue weighted by atomic mass is 10.1. The van der Waals surface area contributed by atoms with E-state index < -0.39 is 5.82 Å². The Morgan fingerprint density at radius 3 is 2.65 bits per heavy atom. The largest absolute Gasteiger partial charge is 0.351 e. The maximum atomic E-state index is 13.4. The lowest BCUT2D eigenvalue weighted by molar-refractivity contribution is 0.0940. The van der Waals surface area contributed by atoms with Crippen LogP contribution in [0.15, 0.2) is 24.3 Å². The van der Waals surface area contributed by atoms with Gasteiger partial charge in [-0.1, -0.05) is 12.1 Å². The van der Waals surface area contributed by atoms with Crippen molar-refractivity contribution in [2.24, 2.45) is 5.41 Å². The number of halogens is 1. The van der Waals surface area contributed by atoms with Crippen LogP contribution in [0, 0.1) is 11.2 Å². The third-order valence-corrected chi connectivity index (χ3v) is 3.25. The molecule has 0 saturated heterocycles. The molecule has 1 amide bonds. The summed E-state index contributed by atoms with van der Waals surface area (Å²) in [6.07, 6.45) is 2.23. The lowest BCUT2D eigenvalue weighted by Gasteiger charge is -2.15. The number of amides is 1. The van der Waals surface area contributed by atoms with E-state index in [4.69, 9.17) is 0 Å². The van der Waals surface area contributed by atoms with E-state index in [0.29, 0.717) is 6.54 Å². The van der Waals surface area contributed by atoms with Gasteiger partial charge in [0.2, 0.25) is 0 Å². The van der Waals surface area contributed by atoms with Crippen molar-refractivity contribution in [3.63, 3.8) is 0 Å². The van der Waals surface area contributed by atoms with Crippen LogP contribution in [0.2, 0.25) is 0 Å². The number of carbonyl (C=O) groups excluding carboxylic acids is 1. The van der Waals surface area contributed by atoms with Crippen LogP contribution in [0.3, 0.4) is 0 Å². The van der Waals surface area contributed by atoms with Crippen LogP contribution in [-0.4, -0.2) is 26.0 Å². The number of hydrogen-bond acceptors (Lipinski definition) is 2. The molecule has 0 radical (unpaired) electrons. The van der Waals surface area contributed by atoms with E-state index in [1.54, 1.807) is 12.1 Å². The smallest absolute Gasteiger partial charge is 0.254 e. The van der Waals surface area contributed by atoms with Gasteiger partial charge in [-0.25, -0.2) is 4.39 Å². The molecule has 92 valence electrons. The number of carbonyl (C=O) groups is 1. The van der Waals surface area contributed by atoms with Crippen molar-refractivity contribution in [2.75, 3.05) is 20.1 Å². The Hall–Kier alpha value is -1.42. The van der Waals surface area contributed by atoms with Crippen molar-refractivity contribution in [3.8, 4) is 0 Å². The Kier molecular flexibility index (Phi) is 3.43. The molecule has 2 rings (SSSR count).